The van der Waals surface area contributed by atoms with Crippen molar-refractivity contribution < 1.29 is 9.47 Å². The predicted octanol–water partition coefficient (Wildman–Crippen LogP) is 2.95. The van der Waals surface area contributed by atoms with Crippen LogP contribution in [0.2, 0.25) is 0 Å². The van der Waals surface area contributed by atoms with E-state index in [1.807, 2.05) is 42.5 Å². The molecule has 0 amide bonds. The third kappa shape index (κ3) is 4.13. The minimum Gasteiger partial charge on any atom is -0.497 e. The van der Waals surface area contributed by atoms with E-state index in [0.717, 1.165) is 35.7 Å². The van der Waals surface area contributed by atoms with E-state index in [0.29, 0.717) is 13.3 Å². The van der Waals surface area contributed by atoms with Crippen molar-refractivity contribution in [1.82, 2.24) is 14.7 Å². The van der Waals surface area contributed by atoms with Crippen LogP contribution in [0.5, 0.6) is 5.75 Å². The lowest BCUT2D eigenvalue weighted by Gasteiger charge is -2.33. The van der Waals surface area contributed by atoms with Crippen molar-refractivity contribution in [2.24, 2.45) is 0 Å². The summed E-state index contributed by atoms with van der Waals surface area (Å²) in [6, 6.07) is 21.2. The molecule has 0 spiro atoms. The van der Waals surface area contributed by atoms with Crippen molar-refractivity contribution in [3.8, 4) is 17.0 Å². The number of hydrogen-bond donors (Lipinski definition) is 0. The molecule has 1 aliphatic heterocycles. The van der Waals surface area contributed by atoms with Crippen LogP contribution < -0.4 is 10.3 Å². The minimum absolute atomic E-state index is 0.00965. The van der Waals surface area contributed by atoms with Gasteiger partial charge < -0.3 is 9.47 Å². The van der Waals surface area contributed by atoms with E-state index in [1.165, 1.54) is 4.68 Å². The van der Waals surface area contributed by atoms with Crippen LogP contribution in [0.1, 0.15) is 11.7 Å². The van der Waals surface area contributed by atoms with Gasteiger partial charge in [-0.05, 0) is 35.9 Å². The van der Waals surface area contributed by atoms with E-state index in [2.05, 4.69) is 22.1 Å². The average molecular weight is 377 g/mol. The van der Waals surface area contributed by atoms with Gasteiger partial charge >= 0.3 is 0 Å². The third-order valence-corrected chi connectivity index (χ3v) is 4.91. The van der Waals surface area contributed by atoms with Crippen LogP contribution in [0, 0.1) is 0 Å². The Labute approximate surface area is 163 Å². The number of ether oxygens (including phenoxy) is 2. The zero-order valence-corrected chi connectivity index (χ0v) is 15.8. The Bertz CT molecular complexity index is 970. The second-order valence-electron chi connectivity index (χ2n) is 6.77. The monoisotopic (exact) mass is 377 g/mol. The first-order chi connectivity index (χ1) is 13.7. The molecule has 3 aromatic rings. The summed E-state index contributed by atoms with van der Waals surface area (Å²) in [5, 5.41) is 4.57. The molecule has 6 heteroatoms. The van der Waals surface area contributed by atoms with Gasteiger partial charge in [0, 0.05) is 24.7 Å². The molecular weight excluding hydrogens is 354 g/mol. The molecule has 1 aromatic heterocycles. The summed E-state index contributed by atoms with van der Waals surface area (Å²) in [5.41, 5.74) is 2.74. The molecule has 144 valence electrons. The fraction of sp³-hybridized carbons (Fsp3) is 0.273. The smallest absolute Gasteiger partial charge is 0.268 e. The van der Waals surface area contributed by atoms with Crippen LogP contribution in [-0.2, 0) is 11.4 Å². The van der Waals surface area contributed by atoms with Gasteiger partial charge in [0.25, 0.3) is 5.56 Å². The molecule has 28 heavy (non-hydrogen) atoms. The normalized spacial score (nSPS) is 17.4. The zero-order valence-electron chi connectivity index (χ0n) is 15.8. The van der Waals surface area contributed by atoms with E-state index >= 15 is 0 Å². The van der Waals surface area contributed by atoms with E-state index < -0.39 is 0 Å². The molecule has 0 saturated carbocycles. The first-order valence-electron chi connectivity index (χ1n) is 9.34. The molecule has 1 atom stereocenters. The van der Waals surface area contributed by atoms with Crippen LogP contribution in [0.3, 0.4) is 0 Å². The number of methoxy groups -OCH3 is 1. The number of nitrogens with zero attached hydrogens (tertiary/aromatic N) is 3. The van der Waals surface area contributed by atoms with Gasteiger partial charge in [-0.3, -0.25) is 9.69 Å². The number of rotatable bonds is 5. The Morgan fingerprint density at radius 1 is 1.07 bits per heavy atom. The van der Waals surface area contributed by atoms with Crippen LogP contribution >= 0.6 is 0 Å². The van der Waals surface area contributed by atoms with Crippen molar-refractivity contribution in [1.29, 1.82) is 0 Å². The number of benzene rings is 2. The molecule has 0 radical (unpaired) electrons. The topological polar surface area (TPSA) is 56.6 Å². The van der Waals surface area contributed by atoms with Gasteiger partial charge in [0.15, 0.2) is 0 Å². The van der Waals surface area contributed by atoms with Crippen molar-refractivity contribution in [3.63, 3.8) is 0 Å². The van der Waals surface area contributed by atoms with E-state index in [4.69, 9.17) is 9.47 Å². The van der Waals surface area contributed by atoms with Crippen molar-refractivity contribution in [2.45, 2.75) is 12.8 Å². The molecular formula is C22H23N3O3. The zero-order chi connectivity index (χ0) is 19.3. The van der Waals surface area contributed by atoms with Crippen molar-refractivity contribution >= 4 is 0 Å². The molecule has 2 aromatic carbocycles. The fourth-order valence-electron chi connectivity index (χ4n) is 3.36. The molecule has 1 fully saturated rings. The average Bonchev–Trinajstić information content (AvgIpc) is 2.76. The van der Waals surface area contributed by atoms with Crippen LogP contribution in [0.15, 0.2) is 71.5 Å². The molecule has 0 N–H and O–H groups in total. The fourth-order valence-corrected chi connectivity index (χ4v) is 3.36. The molecule has 0 bridgehead atoms. The molecule has 1 unspecified atom stereocenters. The quantitative estimate of drug-likeness (QED) is 0.684. The molecule has 6 nitrogen and oxygen atoms in total. The van der Waals surface area contributed by atoms with Crippen molar-refractivity contribution in [3.05, 3.63) is 82.6 Å². The summed E-state index contributed by atoms with van der Waals surface area (Å²) in [4.78, 5) is 14.6. The molecule has 0 aliphatic carbocycles. The molecule has 1 aliphatic rings. The molecule has 1 saturated heterocycles. The summed E-state index contributed by atoms with van der Waals surface area (Å²) in [5.74, 6) is 0.789. The second-order valence-corrected chi connectivity index (χ2v) is 6.77. The molecule has 2 heterocycles. The van der Waals surface area contributed by atoms with E-state index in [9.17, 15) is 4.79 Å². The maximum absolute atomic E-state index is 12.4. The standard InChI is InChI=1S/C22H23N3O3/c1-27-19-9-7-17(8-10-19)20-11-12-22(26)25(23-20)16-24-13-14-28-21(15-24)18-5-3-2-4-6-18/h2-12,21H,13-16H2,1H3. The van der Waals surface area contributed by atoms with Crippen LogP contribution in [0.25, 0.3) is 11.3 Å². The first-order valence-corrected chi connectivity index (χ1v) is 9.34. The van der Waals surface area contributed by atoms with Crippen LogP contribution in [0.4, 0.5) is 0 Å². The lowest BCUT2D eigenvalue weighted by atomic mass is 10.1. The van der Waals surface area contributed by atoms with Gasteiger partial charge in [-0.15, -0.1) is 0 Å². The lowest BCUT2D eigenvalue weighted by molar-refractivity contribution is -0.0421. The Morgan fingerprint density at radius 3 is 2.61 bits per heavy atom. The van der Waals surface area contributed by atoms with Gasteiger partial charge in [0.05, 0.1) is 32.2 Å². The Kier molecular flexibility index (Phi) is 5.50. The van der Waals surface area contributed by atoms with Gasteiger partial charge in [-0.25, -0.2) is 4.68 Å². The van der Waals surface area contributed by atoms with Gasteiger partial charge in [0.2, 0.25) is 0 Å². The van der Waals surface area contributed by atoms with Gasteiger partial charge in [-0.2, -0.15) is 5.10 Å². The highest BCUT2D eigenvalue weighted by Crippen LogP contribution is 2.22. The maximum atomic E-state index is 12.4. The van der Waals surface area contributed by atoms with Crippen molar-refractivity contribution in [2.75, 3.05) is 26.8 Å². The Hall–Kier alpha value is -2.96. The number of aromatic nitrogens is 2. The number of morpholine rings is 1. The van der Waals surface area contributed by atoms with Gasteiger partial charge in [-0.1, -0.05) is 30.3 Å². The largest absolute Gasteiger partial charge is 0.497 e. The van der Waals surface area contributed by atoms with Crippen LogP contribution in [-0.4, -0.2) is 41.5 Å². The summed E-state index contributed by atoms with van der Waals surface area (Å²) in [7, 11) is 1.64. The minimum atomic E-state index is -0.111. The van der Waals surface area contributed by atoms with Gasteiger partial charge in [0.1, 0.15) is 5.75 Å². The highest BCUT2D eigenvalue weighted by Gasteiger charge is 2.22. The Balaban J connectivity index is 1.51. The maximum Gasteiger partial charge on any atom is 0.268 e. The second kappa shape index (κ2) is 8.37. The first kappa shape index (κ1) is 18.4. The van der Waals surface area contributed by atoms with E-state index in [1.54, 1.807) is 19.2 Å². The summed E-state index contributed by atoms with van der Waals surface area (Å²) in [6.45, 7) is 2.57. The highest BCUT2D eigenvalue weighted by atomic mass is 16.5. The lowest BCUT2D eigenvalue weighted by Crippen LogP contribution is -2.42. The summed E-state index contributed by atoms with van der Waals surface area (Å²) >= 11 is 0. The summed E-state index contributed by atoms with van der Waals surface area (Å²) in [6.07, 6.45) is 0.00965. The predicted molar refractivity (Wildman–Crippen MR) is 107 cm³/mol. The Morgan fingerprint density at radius 2 is 1.86 bits per heavy atom. The third-order valence-electron chi connectivity index (χ3n) is 4.91. The summed E-state index contributed by atoms with van der Waals surface area (Å²) < 4.78 is 12.6. The highest BCUT2D eigenvalue weighted by molar-refractivity contribution is 5.59. The van der Waals surface area contributed by atoms with E-state index in [-0.39, 0.29) is 11.7 Å². The SMILES string of the molecule is COc1ccc(-c2ccc(=O)n(CN3CCOC(c4ccccc4)C3)n2)cc1. The number of hydrogen-bond acceptors (Lipinski definition) is 5. The molecule has 4 rings (SSSR count).